The van der Waals surface area contributed by atoms with Gasteiger partial charge in [-0.15, -0.1) is 11.3 Å². The second-order valence-corrected chi connectivity index (χ2v) is 5.58. The monoisotopic (exact) mass is 278 g/mol. The van der Waals surface area contributed by atoms with Crippen LogP contribution in [0.3, 0.4) is 0 Å². The maximum atomic E-state index is 13.8. The number of ether oxygens (including phenoxy) is 1. The van der Waals surface area contributed by atoms with Crippen LogP contribution in [0, 0.1) is 5.82 Å². The summed E-state index contributed by atoms with van der Waals surface area (Å²) in [5.74, 6) is 0.0255. The first kappa shape index (κ1) is 12.6. The standard InChI is InChI=1S/C14H15FN2OS/c15-12-3-1-2-10(8-17-11-4-5-11)14(12)18-9-13-16-6-7-19-13/h1-3,6-7,11,17H,4-5,8-9H2. The van der Waals surface area contributed by atoms with Crippen LogP contribution in [0.4, 0.5) is 4.39 Å². The number of thiazole rings is 1. The van der Waals surface area contributed by atoms with E-state index in [9.17, 15) is 4.39 Å². The Bertz CT molecular complexity index is 540. The van der Waals surface area contributed by atoms with Crippen LogP contribution in [-0.4, -0.2) is 11.0 Å². The van der Waals surface area contributed by atoms with Gasteiger partial charge in [-0.2, -0.15) is 0 Å². The normalized spacial score (nSPS) is 14.6. The van der Waals surface area contributed by atoms with E-state index < -0.39 is 0 Å². The van der Waals surface area contributed by atoms with E-state index in [1.165, 1.54) is 30.2 Å². The topological polar surface area (TPSA) is 34.1 Å². The van der Waals surface area contributed by atoms with E-state index in [1.807, 2.05) is 11.4 Å². The van der Waals surface area contributed by atoms with Gasteiger partial charge in [-0.25, -0.2) is 9.37 Å². The molecule has 0 bridgehead atoms. The van der Waals surface area contributed by atoms with E-state index in [0.717, 1.165) is 10.6 Å². The van der Waals surface area contributed by atoms with E-state index in [4.69, 9.17) is 4.74 Å². The smallest absolute Gasteiger partial charge is 0.165 e. The average Bonchev–Trinajstić information content (AvgIpc) is 3.10. The highest BCUT2D eigenvalue weighted by Crippen LogP contribution is 2.26. The number of hydrogen-bond acceptors (Lipinski definition) is 4. The number of nitrogens with one attached hydrogen (secondary N) is 1. The number of nitrogens with zero attached hydrogens (tertiary/aromatic N) is 1. The number of rotatable bonds is 6. The first-order valence-corrected chi connectivity index (χ1v) is 7.23. The Kier molecular flexibility index (Phi) is 3.75. The zero-order chi connectivity index (χ0) is 13.1. The molecule has 1 aliphatic carbocycles. The van der Waals surface area contributed by atoms with Gasteiger partial charge in [0, 0.05) is 29.7 Å². The summed E-state index contributed by atoms with van der Waals surface area (Å²) in [5, 5.41) is 6.11. The Hall–Kier alpha value is -1.46. The lowest BCUT2D eigenvalue weighted by atomic mass is 10.2. The maximum Gasteiger partial charge on any atom is 0.165 e. The SMILES string of the molecule is Fc1cccc(CNC2CC2)c1OCc1nccs1. The number of benzene rings is 1. The van der Waals surface area contributed by atoms with Crippen molar-refractivity contribution >= 4 is 11.3 Å². The number of para-hydroxylation sites is 1. The van der Waals surface area contributed by atoms with Gasteiger partial charge in [0.25, 0.3) is 0 Å². The molecule has 1 N–H and O–H groups in total. The summed E-state index contributed by atoms with van der Waals surface area (Å²) in [7, 11) is 0. The van der Waals surface area contributed by atoms with Crippen LogP contribution in [0.1, 0.15) is 23.4 Å². The fraction of sp³-hybridized carbons (Fsp3) is 0.357. The minimum absolute atomic E-state index is 0.313. The third kappa shape index (κ3) is 3.30. The molecule has 0 saturated heterocycles. The molecule has 1 heterocycles. The van der Waals surface area contributed by atoms with Crippen LogP contribution in [0.5, 0.6) is 5.75 Å². The predicted molar refractivity (Wildman–Crippen MR) is 72.7 cm³/mol. The molecule has 1 aromatic carbocycles. The highest BCUT2D eigenvalue weighted by Gasteiger charge is 2.21. The van der Waals surface area contributed by atoms with Crippen molar-refractivity contribution in [1.29, 1.82) is 0 Å². The van der Waals surface area contributed by atoms with Gasteiger partial charge in [0.2, 0.25) is 0 Å². The van der Waals surface area contributed by atoms with Gasteiger partial charge in [0.1, 0.15) is 11.6 Å². The molecule has 0 radical (unpaired) electrons. The van der Waals surface area contributed by atoms with E-state index in [1.54, 1.807) is 12.3 Å². The molecule has 3 nitrogen and oxygen atoms in total. The molecule has 19 heavy (non-hydrogen) atoms. The Labute approximate surface area is 115 Å². The molecule has 3 rings (SSSR count). The van der Waals surface area contributed by atoms with Crippen molar-refractivity contribution in [2.75, 3.05) is 0 Å². The van der Waals surface area contributed by atoms with Gasteiger partial charge in [0.05, 0.1) is 0 Å². The fourth-order valence-electron chi connectivity index (χ4n) is 1.85. The highest BCUT2D eigenvalue weighted by atomic mass is 32.1. The second kappa shape index (κ2) is 5.67. The second-order valence-electron chi connectivity index (χ2n) is 4.60. The van der Waals surface area contributed by atoms with Gasteiger partial charge >= 0.3 is 0 Å². The zero-order valence-electron chi connectivity index (χ0n) is 10.4. The molecular weight excluding hydrogens is 263 g/mol. The van der Waals surface area contributed by atoms with Crippen molar-refractivity contribution in [2.45, 2.75) is 32.0 Å². The molecule has 1 aliphatic rings. The highest BCUT2D eigenvalue weighted by molar-refractivity contribution is 7.09. The van der Waals surface area contributed by atoms with Gasteiger partial charge in [-0.3, -0.25) is 0 Å². The molecule has 100 valence electrons. The van der Waals surface area contributed by atoms with Crippen molar-refractivity contribution in [3.8, 4) is 5.75 Å². The van der Waals surface area contributed by atoms with Crippen molar-refractivity contribution in [3.05, 3.63) is 46.2 Å². The molecule has 0 spiro atoms. The predicted octanol–water partition coefficient (Wildman–Crippen LogP) is 3.11. The van der Waals surface area contributed by atoms with Crippen molar-refractivity contribution < 1.29 is 9.13 Å². The van der Waals surface area contributed by atoms with Gasteiger partial charge in [-0.05, 0) is 18.9 Å². The number of halogens is 1. The summed E-state index contributed by atoms with van der Waals surface area (Å²) in [4.78, 5) is 4.13. The summed E-state index contributed by atoms with van der Waals surface area (Å²) < 4.78 is 19.4. The Balaban J connectivity index is 1.69. The molecule has 1 aromatic heterocycles. The van der Waals surface area contributed by atoms with Crippen LogP contribution >= 0.6 is 11.3 Å². The molecule has 0 aliphatic heterocycles. The van der Waals surface area contributed by atoms with Gasteiger partial charge in [0.15, 0.2) is 11.6 Å². The third-order valence-electron chi connectivity index (χ3n) is 3.03. The quantitative estimate of drug-likeness (QED) is 0.881. The van der Waals surface area contributed by atoms with Crippen LogP contribution < -0.4 is 10.1 Å². The molecule has 1 fully saturated rings. The average molecular weight is 278 g/mol. The summed E-state index contributed by atoms with van der Waals surface area (Å²) in [6.07, 6.45) is 4.15. The van der Waals surface area contributed by atoms with Crippen molar-refractivity contribution in [3.63, 3.8) is 0 Å². The minimum Gasteiger partial charge on any atom is -0.483 e. The molecule has 1 saturated carbocycles. The maximum absolute atomic E-state index is 13.8. The van der Waals surface area contributed by atoms with Gasteiger partial charge < -0.3 is 10.1 Å². The molecule has 0 atom stereocenters. The Morgan fingerprint density at radius 2 is 2.32 bits per heavy atom. The van der Waals surface area contributed by atoms with E-state index >= 15 is 0 Å². The first-order chi connectivity index (χ1) is 9.33. The fourth-order valence-corrected chi connectivity index (χ4v) is 2.38. The van der Waals surface area contributed by atoms with E-state index in [0.29, 0.717) is 24.9 Å². The molecule has 0 amide bonds. The lowest BCUT2D eigenvalue weighted by Gasteiger charge is -2.12. The number of hydrogen-bond donors (Lipinski definition) is 1. The first-order valence-electron chi connectivity index (χ1n) is 6.35. The molecule has 2 aromatic rings. The van der Waals surface area contributed by atoms with Crippen LogP contribution in [-0.2, 0) is 13.2 Å². The molecule has 0 unspecified atom stereocenters. The molecular formula is C14H15FN2OS. The van der Waals surface area contributed by atoms with Crippen LogP contribution in [0.25, 0.3) is 0 Å². The minimum atomic E-state index is -0.313. The number of aromatic nitrogens is 1. The molecule has 5 heteroatoms. The van der Waals surface area contributed by atoms with E-state index in [2.05, 4.69) is 10.3 Å². The Morgan fingerprint density at radius 3 is 3.05 bits per heavy atom. The van der Waals surface area contributed by atoms with Crippen LogP contribution in [0.2, 0.25) is 0 Å². The lowest BCUT2D eigenvalue weighted by molar-refractivity contribution is 0.285. The summed E-state index contributed by atoms with van der Waals surface area (Å²) in [6.45, 7) is 0.963. The van der Waals surface area contributed by atoms with Gasteiger partial charge in [-0.1, -0.05) is 12.1 Å². The van der Waals surface area contributed by atoms with Crippen molar-refractivity contribution in [2.24, 2.45) is 0 Å². The summed E-state index contributed by atoms with van der Waals surface area (Å²) >= 11 is 1.51. The lowest BCUT2D eigenvalue weighted by Crippen LogP contribution is -2.16. The van der Waals surface area contributed by atoms with Crippen LogP contribution in [0.15, 0.2) is 29.8 Å². The zero-order valence-corrected chi connectivity index (χ0v) is 11.3. The largest absolute Gasteiger partial charge is 0.483 e. The van der Waals surface area contributed by atoms with Crippen molar-refractivity contribution in [1.82, 2.24) is 10.3 Å². The summed E-state index contributed by atoms with van der Waals surface area (Å²) in [5.41, 5.74) is 0.864. The summed E-state index contributed by atoms with van der Waals surface area (Å²) in [6, 6.07) is 5.64. The Morgan fingerprint density at radius 1 is 1.42 bits per heavy atom. The van der Waals surface area contributed by atoms with E-state index in [-0.39, 0.29) is 5.82 Å². The third-order valence-corrected chi connectivity index (χ3v) is 3.78.